The molecule has 2 aromatic rings. The van der Waals surface area contributed by atoms with Crippen LogP contribution in [0.2, 0.25) is 0 Å². The fraction of sp³-hybridized carbons (Fsp3) is 0.250. The van der Waals surface area contributed by atoms with Crippen molar-refractivity contribution in [3.63, 3.8) is 0 Å². The van der Waals surface area contributed by atoms with Gasteiger partial charge in [-0.25, -0.2) is 9.69 Å². The van der Waals surface area contributed by atoms with Crippen LogP contribution in [0.4, 0.5) is 5.69 Å². The van der Waals surface area contributed by atoms with Gasteiger partial charge in [-0.05, 0) is 67.6 Å². The Morgan fingerprint density at radius 1 is 0.900 bits per heavy atom. The standard InChI is InChI=1S/C24H19NO5/c1-13(26)14-7-9-19(10-8-14)30-24(29)17-3-2-4-18(12-17)25-22(27)20-15-5-6-16(11-15)21(20)23(25)28/h2-10,12,15-16,20-21H,11H2,1H3. The molecule has 3 aliphatic rings. The summed E-state index contributed by atoms with van der Waals surface area (Å²) < 4.78 is 5.38. The number of esters is 1. The second-order valence-corrected chi connectivity index (χ2v) is 8.03. The van der Waals surface area contributed by atoms with Gasteiger partial charge in [0.1, 0.15) is 5.75 Å². The van der Waals surface area contributed by atoms with Gasteiger partial charge in [0.15, 0.2) is 5.78 Å². The van der Waals surface area contributed by atoms with Crippen LogP contribution in [0.3, 0.4) is 0 Å². The van der Waals surface area contributed by atoms with Crippen molar-refractivity contribution in [3.8, 4) is 5.75 Å². The van der Waals surface area contributed by atoms with Gasteiger partial charge in [-0.2, -0.15) is 0 Å². The quantitative estimate of drug-likeness (QED) is 0.258. The molecule has 0 N–H and O–H groups in total. The number of benzene rings is 2. The maximum atomic E-state index is 13.0. The van der Waals surface area contributed by atoms with Gasteiger partial charge in [0.25, 0.3) is 0 Å². The second-order valence-electron chi connectivity index (χ2n) is 8.03. The second kappa shape index (κ2) is 6.76. The number of ketones is 1. The van der Waals surface area contributed by atoms with Crippen molar-refractivity contribution in [1.82, 2.24) is 0 Å². The van der Waals surface area contributed by atoms with E-state index in [1.54, 1.807) is 42.5 Å². The van der Waals surface area contributed by atoms with Gasteiger partial charge in [0.2, 0.25) is 11.8 Å². The van der Waals surface area contributed by atoms with Crippen molar-refractivity contribution in [1.29, 1.82) is 0 Å². The summed E-state index contributed by atoms with van der Waals surface area (Å²) >= 11 is 0. The average Bonchev–Trinajstić information content (AvgIpc) is 3.42. The lowest BCUT2D eigenvalue weighted by Gasteiger charge is -2.18. The molecule has 2 aromatic carbocycles. The molecule has 2 bridgehead atoms. The molecule has 4 atom stereocenters. The minimum Gasteiger partial charge on any atom is -0.423 e. The van der Waals surface area contributed by atoms with E-state index in [1.807, 2.05) is 12.2 Å². The van der Waals surface area contributed by atoms with Gasteiger partial charge in [-0.15, -0.1) is 0 Å². The first-order valence-corrected chi connectivity index (χ1v) is 9.93. The number of rotatable bonds is 4. The number of hydrogen-bond donors (Lipinski definition) is 0. The van der Waals surface area contributed by atoms with E-state index in [0.717, 1.165) is 6.42 Å². The van der Waals surface area contributed by atoms with Crippen molar-refractivity contribution >= 4 is 29.3 Å². The van der Waals surface area contributed by atoms with Crippen LogP contribution in [0.15, 0.2) is 60.7 Å². The third kappa shape index (κ3) is 2.79. The summed E-state index contributed by atoms with van der Waals surface area (Å²) in [5.41, 5.74) is 1.15. The third-order valence-corrected chi connectivity index (χ3v) is 6.28. The Balaban J connectivity index is 1.37. The zero-order valence-corrected chi connectivity index (χ0v) is 16.3. The Morgan fingerprint density at radius 2 is 1.53 bits per heavy atom. The number of nitrogens with zero attached hydrogens (tertiary/aromatic N) is 1. The highest BCUT2D eigenvalue weighted by molar-refractivity contribution is 6.23. The smallest absolute Gasteiger partial charge is 0.343 e. The van der Waals surface area contributed by atoms with Gasteiger partial charge in [0.05, 0.1) is 23.1 Å². The third-order valence-electron chi connectivity index (χ3n) is 6.28. The molecule has 1 saturated heterocycles. The fourth-order valence-corrected chi connectivity index (χ4v) is 4.85. The number of carbonyl (C=O) groups excluding carboxylic acids is 4. The molecule has 150 valence electrons. The van der Waals surface area contributed by atoms with Crippen LogP contribution >= 0.6 is 0 Å². The lowest BCUT2D eigenvalue weighted by Crippen LogP contribution is -2.33. The van der Waals surface area contributed by atoms with Gasteiger partial charge in [-0.1, -0.05) is 18.2 Å². The Bertz CT molecular complexity index is 1090. The molecule has 2 aliphatic carbocycles. The summed E-state index contributed by atoms with van der Waals surface area (Å²) in [6.07, 6.45) is 4.97. The van der Waals surface area contributed by atoms with Crippen LogP contribution in [0.1, 0.15) is 34.1 Å². The highest BCUT2D eigenvalue weighted by Gasteiger charge is 2.59. The van der Waals surface area contributed by atoms with Crippen LogP contribution in [0.5, 0.6) is 5.75 Å². The molecular formula is C24H19NO5. The topological polar surface area (TPSA) is 80.8 Å². The molecule has 6 nitrogen and oxygen atoms in total. The van der Waals surface area contributed by atoms with Crippen LogP contribution in [-0.4, -0.2) is 23.6 Å². The monoisotopic (exact) mass is 401 g/mol. The number of anilines is 1. The van der Waals surface area contributed by atoms with E-state index in [-0.39, 0.29) is 46.8 Å². The number of amides is 2. The Hall–Kier alpha value is -3.54. The zero-order valence-electron chi connectivity index (χ0n) is 16.3. The molecular weight excluding hydrogens is 382 g/mol. The van der Waals surface area contributed by atoms with E-state index in [0.29, 0.717) is 17.0 Å². The minimum atomic E-state index is -0.603. The normalized spacial score (nSPS) is 26.2. The van der Waals surface area contributed by atoms with Crippen molar-refractivity contribution < 1.29 is 23.9 Å². The van der Waals surface area contributed by atoms with Crippen molar-refractivity contribution in [2.75, 3.05) is 4.90 Å². The first-order valence-electron chi connectivity index (χ1n) is 9.93. The number of carbonyl (C=O) groups is 4. The van der Waals surface area contributed by atoms with Gasteiger partial charge >= 0.3 is 5.97 Å². The van der Waals surface area contributed by atoms with Crippen molar-refractivity contribution in [2.24, 2.45) is 23.7 Å². The molecule has 2 amide bonds. The zero-order chi connectivity index (χ0) is 21.0. The first kappa shape index (κ1) is 18.5. The largest absolute Gasteiger partial charge is 0.423 e. The molecule has 30 heavy (non-hydrogen) atoms. The van der Waals surface area contributed by atoms with E-state index < -0.39 is 5.97 Å². The summed E-state index contributed by atoms with van der Waals surface area (Å²) in [5.74, 6) is -1.06. The molecule has 0 spiro atoms. The first-order chi connectivity index (χ1) is 14.4. The summed E-state index contributed by atoms with van der Waals surface area (Å²) in [5, 5.41) is 0. The number of hydrogen-bond acceptors (Lipinski definition) is 5. The molecule has 1 heterocycles. The van der Waals surface area contributed by atoms with Crippen LogP contribution < -0.4 is 9.64 Å². The number of allylic oxidation sites excluding steroid dienone is 2. The van der Waals surface area contributed by atoms with E-state index in [1.165, 1.54) is 17.9 Å². The van der Waals surface area contributed by atoms with E-state index in [9.17, 15) is 19.2 Å². The number of fused-ring (bicyclic) bond motifs is 5. The summed E-state index contributed by atoms with van der Waals surface area (Å²) in [7, 11) is 0. The molecule has 1 aliphatic heterocycles. The molecule has 0 radical (unpaired) electrons. The molecule has 6 heteroatoms. The Morgan fingerprint density at radius 3 is 2.13 bits per heavy atom. The Labute approximate surface area is 173 Å². The predicted octanol–water partition coefficient (Wildman–Crippen LogP) is 3.42. The molecule has 2 fully saturated rings. The fourth-order valence-electron chi connectivity index (χ4n) is 4.85. The minimum absolute atomic E-state index is 0.0751. The number of ether oxygens (including phenoxy) is 1. The van der Waals surface area contributed by atoms with E-state index in [2.05, 4.69) is 0 Å². The summed E-state index contributed by atoms with van der Waals surface area (Å²) in [6.45, 7) is 1.46. The Kier molecular flexibility index (Phi) is 4.17. The number of imide groups is 1. The maximum absolute atomic E-state index is 13.0. The highest BCUT2D eigenvalue weighted by atomic mass is 16.5. The molecule has 4 unspecified atom stereocenters. The van der Waals surface area contributed by atoms with Crippen molar-refractivity contribution in [2.45, 2.75) is 13.3 Å². The SMILES string of the molecule is CC(=O)c1ccc(OC(=O)c2cccc(N3C(=O)C4C5C=CC(C5)C4C3=O)c2)cc1. The molecule has 5 rings (SSSR count). The lowest BCUT2D eigenvalue weighted by atomic mass is 9.85. The molecule has 0 aromatic heterocycles. The highest BCUT2D eigenvalue weighted by Crippen LogP contribution is 2.53. The van der Waals surface area contributed by atoms with Gasteiger partial charge in [0, 0.05) is 5.56 Å². The van der Waals surface area contributed by atoms with Crippen LogP contribution in [0, 0.1) is 23.7 Å². The van der Waals surface area contributed by atoms with E-state index in [4.69, 9.17) is 4.74 Å². The summed E-state index contributed by atoms with van der Waals surface area (Å²) in [6, 6.07) is 12.7. The van der Waals surface area contributed by atoms with Crippen LogP contribution in [-0.2, 0) is 9.59 Å². The molecule has 1 saturated carbocycles. The van der Waals surface area contributed by atoms with Crippen LogP contribution in [0.25, 0.3) is 0 Å². The van der Waals surface area contributed by atoms with Gasteiger partial charge < -0.3 is 4.74 Å². The van der Waals surface area contributed by atoms with Gasteiger partial charge in [-0.3, -0.25) is 14.4 Å². The predicted molar refractivity (Wildman–Crippen MR) is 108 cm³/mol. The number of Topliss-reactive ketones (excluding diaryl/α,β-unsaturated/α-hetero) is 1. The average molecular weight is 401 g/mol. The summed E-state index contributed by atoms with van der Waals surface area (Å²) in [4.78, 5) is 51.1. The van der Waals surface area contributed by atoms with Crippen molar-refractivity contribution in [3.05, 3.63) is 71.8 Å². The van der Waals surface area contributed by atoms with E-state index >= 15 is 0 Å². The maximum Gasteiger partial charge on any atom is 0.343 e. The lowest BCUT2D eigenvalue weighted by molar-refractivity contribution is -0.123.